The number of hydrogen-bond acceptors (Lipinski definition) is 2. The second-order valence-electron chi connectivity index (χ2n) is 5.09. The molecule has 1 amide bonds. The van der Waals surface area contributed by atoms with E-state index in [0.717, 1.165) is 23.7 Å². The number of benzene rings is 1. The van der Waals surface area contributed by atoms with Crippen molar-refractivity contribution in [3.8, 4) is 0 Å². The van der Waals surface area contributed by atoms with E-state index in [4.69, 9.17) is 5.73 Å². The quantitative estimate of drug-likeness (QED) is 0.751. The van der Waals surface area contributed by atoms with Crippen LogP contribution in [-0.4, -0.2) is 23.0 Å². The summed E-state index contributed by atoms with van der Waals surface area (Å²) >= 11 is 0. The van der Waals surface area contributed by atoms with Crippen molar-refractivity contribution in [3.05, 3.63) is 35.5 Å². The van der Waals surface area contributed by atoms with Crippen LogP contribution in [-0.2, 0) is 0 Å². The molecule has 4 heteroatoms. The molecule has 0 bridgehead atoms. The van der Waals surface area contributed by atoms with Crippen molar-refractivity contribution in [2.75, 3.05) is 0 Å². The van der Waals surface area contributed by atoms with Gasteiger partial charge in [0.25, 0.3) is 5.91 Å². The SMILES string of the molecule is Cc1ccc2[nH]c(C(=O)N[C@@H]3CC[C@@H]3N)cc2c1. The first-order chi connectivity index (χ1) is 8.63. The predicted molar refractivity (Wildman–Crippen MR) is 71.5 cm³/mol. The number of rotatable bonds is 2. The summed E-state index contributed by atoms with van der Waals surface area (Å²) in [5.74, 6) is -0.0657. The number of nitrogens with two attached hydrogens (primary N) is 1. The number of hydrogen-bond donors (Lipinski definition) is 3. The van der Waals surface area contributed by atoms with Gasteiger partial charge < -0.3 is 16.0 Å². The molecule has 1 heterocycles. The van der Waals surface area contributed by atoms with Crippen LogP contribution in [0.3, 0.4) is 0 Å². The zero-order valence-electron chi connectivity index (χ0n) is 10.4. The Bertz CT molecular complexity index is 602. The standard InChI is InChI=1S/C14H17N3O/c1-8-2-4-11-9(6-8)7-13(16-11)14(18)17-12-5-3-10(12)15/h2,4,6-7,10,12,16H,3,5,15H2,1H3,(H,17,18)/t10-,12+/m0/s1. The lowest BCUT2D eigenvalue weighted by Crippen LogP contribution is -2.54. The van der Waals surface area contributed by atoms with Crippen LogP contribution < -0.4 is 11.1 Å². The summed E-state index contributed by atoms with van der Waals surface area (Å²) in [6.45, 7) is 2.04. The van der Waals surface area contributed by atoms with Crippen LogP contribution in [0, 0.1) is 6.92 Å². The Labute approximate surface area is 106 Å². The molecule has 2 aromatic rings. The van der Waals surface area contributed by atoms with Crippen molar-refractivity contribution in [1.82, 2.24) is 10.3 Å². The van der Waals surface area contributed by atoms with Gasteiger partial charge in [-0.1, -0.05) is 11.6 Å². The van der Waals surface area contributed by atoms with Gasteiger partial charge in [-0.15, -0.1) is 0 Å². The summed E-state index contributed by atoms with van der Waals surface area (Å²) in [4.78, 5) is 15.2. The average Bonchev–Trinajstić information content (AvgIpc) is 2.76. The monoisotopic (exact) mass is 243 g/mol. The van der Waals surface area contributed by atoms with Crippen LogP contribution in [0.15, 0.2) is 24.3 Å². The molecule has 1 aliphatic rings. The molecule has 4 nitrogen and oxygen atoms in total. The molecule has 18 heavy (non-hydrogen) atoms. The Kier molecular flexibility index (Phi) is 2.59. The molecule has 0 aliphatic heterocycles. The van der Waals surface area contributed by atoms with Crippen molar-refractivity contribution < 1.29 is 4.79 Å². The lowest BCUT2D eigenvalue weighted by molar-refractivity contribution is 0.0901. The predicted octanol–water partition coefficient (Wildman–Crippen LogP) is 1.70. The lowest BCUT2D eigenvalue weighted by Gasteiger charge is -2.33. The molecule has 4 N–H and O–H groups in total. The molecule has 1 saturated carbocycles. The summed E-state index contributed by atoms with van der Waals surface area (Å²) in [6.07, 6.45) is 1.98. The molecule has 1 aromatic heterocycles. The first kappa shape index (κ1) is 11.3. The van der Waals surface area contributed by atoms with E-state index in [-0.39, 0.29) is 18.0 Å². The fourth-order valence-corrected chi connectivity index (χ4v) is 2.33. The molecular weight excluding hydrogens is 226 g/mol. The summed E-state index contributed by atoms with van der Waals surface area (Å²) in [5.41, 5.74) is 8.60. The second kappa shape index (κ2) is 4.14. The first-order valence-electron chi connectivity index (χ1n) is 6.29. The van der Waals surface area contributed by atoms with Crippen molar-refractivity contribution >= 4 is 16.8 Å². The Hall–Kier alpha value is -1.81. The van der Waals surface area contributed by atoms with Gasteiger partial charge in [-0.05, 0) is 38.0 Å². The van der Waals surface area contributed by atoms with Crippen LogP contribution in [0.1, 0.15) is 28.9 Å². The van der Waals surface area contributed by atoms with E-state index < -0.39 is 0 Å². The van der Waals surface area contributed by atoms with E-state index >= 15 is 0 Å². The van der Waals surface area contributed by atoms with Crippen LogP contribution in [0.2, 0.25) is 0 Å². The summed E-state index contributed by atoms with van der Waals surface area (Å²) in [6, 6.07) is 8.23. The Morgan fingerprint density at radius 3 is 2.89 bits per heavy atom. The molecule has 0 saturated heterocycles. The number of nitrogens with one attached hydrogen (secondary N) is 2. The number of carbonyl (C=O) groups excluding carboxylic acids is 1. The van der Waals surface area contributed by atoms with E-state index in [1.807, 2.05) is 25.1 Å². The van der Waals surface area contributed by atoms with Crippen molar-refractivity contribution in [1.29, 1.82) is 0 Å². The van der Waals surface area contributed by atoms with Gasteiger partial charge in [-0.25, -0.2) is 0 Å². The number of carbonyl (C=O) groups is 1. The van der Waals surface area contributed by atoms with Gasteiger partial charge in [0, 0.05) is 23.0 Å². The molecule has 1 aromatic carbocycles. The third-order valence-corrected chi connectivity index (χ3v) is 3.67. The molecule has 0 spiro atoms. The van der Waals surface area contributed by atoms with Crippen LogP contribution in [0.5, 0.6) is 0 Å². The topological polar surface area (TPSA) is 70.9 Å². The number of amides is 1. The zero-order valence-corrected chi connectivity index (χ0v) is 10.4. The van der Waals surface area contributed by atoms with E-state index in [0.29, 0.717) is 5.69 Å². The summed E-state index contributed by atoms with van der Waals surface area (Å²) in [5, 5.41) is 4.03. The third kappa shape index (κ3) is 1.88. The molecule has 0 unspecified atom stereocenters. The lowest BCUT2D eigenvalue weighted by atomic mass is 9.87. The highest BCUT2D eigenvalue weighted by molar-refractivity contribution is 5.98. The van der Waals surface area contributed by atoms with Gasteiger partial charge in [0.1, 0.15) is 5.69 Å². The van der Waals surface area contributed by atoms with E-state index in [1.54, 1.807) is 0 Å². The van der Waals surface area contributed by atoms with Crippen molar-refractivity contribution in [2.45, 2.75) is 31.8 Å². The number of H-pyrrole nitrogens is 1. The van der Waals surface area contributed by atoms with Gasteiger partial charge in [0.15, 0.2) is 0 Å². The minimum atomic E-state index is -0.0657. The van der Waals surface area contributed by atoms with E-state index in [9.17, 15) is 4.79 Å². The van der Waals surface area contributed by atoms with Crippen molar-refractivity contribution in [2.24, 2.45) is 5.73 Å². The highest BCUT2D eigenvalue weighted by Crippen LogP contribution is 2.20. The highest BCUT2D eigenvalue weighted by Gasteiger charge is 2.29. The Morgan fingerprint density at radius 2 is 2.22 bits per heavy atom. The highest BCUT2D eigenvalue weighted by atomic mass is 16.2. The minimum absolute atomic E-state index is 0.0657. The number of aromatic nitrogens is 1. The molecule has 1 aliphatic carbocycles. The minimum Gasteiger partial charge on any atom is -0.351 e. The van der Waals surface area contributed by atoms with Gasteiger partial charge in [-0.3, -0.25) is 4.79 Å². The van der Waals surface area contributed by atoms with Crippen LogP contribution >= 0.6 is 0 Å². The molecule has 2 atom stereocenters. The maximum atomic E-state index is 12.1. The maximum Gasteiger partial charge on any atom is 0.268 e. The summed E-state index contributed by atoms with van der Waals surface area (Å²) < 4.78 is 0. The smallest absolute Gasteiger partial charge is 0.268 e. The number of fused-ring (bicyclic) bond motifs is 1. The molecule has 3 rings (SSSR count). The van der Waals surface area contributed by atoms with Gasteiger partial charge >= 0.3 is 0 Å². The average molecular weight is 243 g/mol. The first-order valence-corrected chi connectivity index (χ1v) is 6.29. The van der Waals surface area contributed by atoms with Crippen LogP contribution in [0.4, 0.5) is 0 Å². The zero-order chi connectivity index (χ0) is 12.7. The summed E-state index contributed by atoms with van der Waals surface area (Å²) in [7, 11) is 0. The molecule has 1 fully saturated rings. The molecule has 94 valence electrons. The van der Waals surface area contributed by atoms with Gasteiger partial charge in [-0.2, -0.15) is 0 Å². The second-order valence-corrected chi connectivity index (χ2v) is 5.09. The number of aryl methyl sites for hydroxylation is 1. The van der Waals surface area contributed by atoms with Crippen molar-refractivity contribution in [3.63, 3.8) is 0 Å². The molecule has 0 radical (unpaired) electrons. The van der Waals surface area contributed by atoms with Crippen LogP contribution in [0.25, 0.3) is 10.9 Å². The largest absolute Gasteiger partial charge is 0.351 e. The maximum absolute atomic E-state index is 12.1. The van der Waals surface area contributed by atoms with E-state index in [1.165, 1.54) is 5.56 Å². The fourth-order valence-electron chi connectivity index (χ4n) is 2.33. The fraction of sp³-hybridized carbons (Fsp3) is 0.357. The van der Waals surface area contributed by atoms with Gasteiger partial charge in [0.2, 0.25) is 0 Å². The van der Waals surface area contributed by atoms with Gasteiger partial charge in [0.05, 0.1) is 0 Å². The molecular formula is C14H17N3O. The normalized spacial score (nSPS) is 22.8. The van der Waals surface area contributed by atoms with E-state index in [2.05, 4.69) is 16.4 Å². The Balaban J connectivity index is 1.83. The Morgan fingerprint density at radius 1 is 1.39 bits per heavy atom. The third-order valence-electron chi connectivity index (χ3n) is 3.67. The number of aromatic amines is 1.